The van der Waals surface area contributed by atoms with Crippen LogP contribution in [0, 0.1) is 0 Å². The van der Waals surface area contributed by atoms with Gasteiger partial charge in [0.2, 0.25) is 5.95 Å². The van der Waals surface area contributed by atoms with Gasteiger partial charge in [0.05, 0.1) is 17.6 Å². The van der Waals surface area contributed by atoms with Crippen LogP contribution in [0.1, 0.15) is 6.92 Å². The van der Waals surface area contributed by atoms with Crippen LogP contribution in [0.4, 0.5) is 10.7 Å². The van der Waals surface area contributed by atoms with Crippen molar-refractivity contribution in [2.45, 2.75) is 6.92 Å². The molecule has 0 spiro atoms. The van der Waals surface area contributed by atoms with Crippen LogP contribution in [0.15, 0.2) is 24.3 Å². The van der Waals surface area contributed by atoms with E-state index >= 15 is 0 Å². The number of aromatic nitrogens is 2. The maximum absolute atomic E-state index is 11.4. The zero-order valence-electron chi connectivity index (χ0n) is 10.1. The van der Waals surface area contributed by atoms with Crippen molar-refractivity contribution >= 4 is 23.1 Å². The fourth-order valence-corrected chi connectivity index (χ4v) is 1.48. The summed E-state index contributed by atoms with van der Waals surface area (Å²) in [4.78, 5) is 18.6. The van der Waals surface area contributed by atoms with Crippen LogP contribution >= 0.6 is 0 Å². The lowest BCUT2D eigenvalue weighted by atomic mass is 10.3. The van der Waals surface area contributed by atoms with Crippen LogP contribution in [-0.4, -0.2) is 35.9 Å². The number of hydrogen-bond donors (Lipinski definition) is 2. The maximum Gasteiger partial charge on any atom is 0.414 e. The van der Waals surface area contributed by atoms with Crippen LogP contribution in [-0.2, 0) is 9.47 Å². The first-order valence-corrected chi connectivity index (χ1v) is 5.76. The molecule has 18 heavy (non-hydrogen) atoms. The number of amides is 1. The first kappa shape index (κ1) is 12.4. The van der Waals surface area contributed by atoms with E-state index < -0.39 is 6.09 Å². The van der Waals surface area contributed by atoms with E-state index in [4.69, 9.17) is 9.47 Å². The molecule has 0 aliphatic rings. The number of hydrogen-bond acceptors (Lipinski definition) is 4. The normalized spacial score (nSPS) is 10.5. The molecule has 0 atom stereocenters. The number of benzene rings is 1. The summed E-state index contributed by atoms with van der Waals surface area (Å²) in [6.45, 7) is 3.10. The zero-order valence-corrected chi connectivity index (χ0v) is 10.1. The lowest BCUT2D eigenvalue weighted by molar-refractivity contribution is 0.0849. The van der Waals surface area contributed by atoms with Gasteiger partial charge in [-0.05, 0) is 19.1 Å². The number of carbonyl (C=O) groups is 1. The Morgan fingerprint density at radius 1 is 1.39 bits per heavy atom. The minimum absolute atomic E-state index is 0.222. The van der Waals surface area contributed by atoms with Crippen LogP contribution in [0.25, 0.3) is 11.0 Å². The average molecular weight is 249 g/mol. The van der Waals surface area contributed by atoms with E-state index in [1.165, 1.54) is 0 Å². The molecule has 6 nitrogen and oxygen atoms in total. The molecule has 0 aliphatic carbocycles. The van der Waals surface area contributed by atoms with E-state index in [9.17, 15) is 4.79 Å². The van der Waals surface area contributed by atoms with E-state index in [2.05, 4.69) is 15.3 Å². The molecule has 0 saturated heterocycles. The van der Waals surface area contributed by atoms with Crippen LogP contribution < -0.4 is 5.32 Å². The predicted octanol–water partition coefficient (Wildman–Crippen LogP) is 2.15. The minimum Gasteiger partial charge on any atom is -0.447 e. The van der Waals surface area contributed by atoms with Crippen molar-refractivity contribution in [2.75, 3.05) is 25.1 Å². The van der Waals surface area contributed by atoms with Crippen molar-refractivity contribution in [3.05, 3.63) is 24.3 Å². The highest BCUT2D eigenvalue weighted by Crippen LogP contribution is 2.13. The highest BCUT2D eigenvalue weighted by Gasteiger charge is 2.06. The molecule has 0 unspecified atom stereocenters. The van der Waals surface area contributed by atoms with Crippen molar-refractivity contribution in [3.8, 4) is 0 Å². The number of fused-ring (bicyclic) bond motifs is 1. The summed E-state index contributed by atoms with van der Waals surface area (Å²) in [5.41, 5.74) is 1.66. The molecule has 0 aliphatic heterocycles. The number of nitrogens with zero attached hydrogens (tertiary/aromatic N) is 1. The largest absolute Gasteiger partial charge is 0.447 e. The summed E-state index contributed by atoms with van der Waals surface area (Å²) >= 11 is 0. The summed E-state index contributed by atoms with van der Waals surface area (Å²) < 4.78 is 9.96. The number of nitrogens with one attached hydrogen (secondary N) is 2. The number of anilines is 1. The van der Waals surface area contributed by atoms with Gasteiger partial charge in [0.1, 0.15) is 6.61 Å². The molecular formula is C12H15N3O3. The molecule has 0 radical (unpaired) electrons. The molecular weight excluding hydrogens is 234 g/mol. The lowest BCUT2D eigenvalue weighted by Gasteiger charge is -2.04. The Hall–Kier alpha value is -2.08. The summed E-state index contributed by atoms with van der Waals surface area (Å²) in [5.74, 6) is 0.373. The van der Waals surface area contributed by atoms with Crippen molar-refractivity contribution < 1.29 is 14.3 Å². The van der Waals surface area contributed by atoms with Gasteiger partial charge in [-0.1, -0.05) is 12.1 Å². The number of aromatic amines is 1. The zero-order chi connectivity index (χ0) is 12.8. The Labute approximate surface area is 104 Å². The topological polar surface area (TPSA) is 76.2 Å². The number of para-hydroxylation sites is 2. The van der Waals surface area contributed by atoms with Gasteiger partial charge in [0, 0.05) is 6.61 Å². The summed E-state index contributed by atoms with van der Waals surface area (Å²) in [6.07, 6.45) is -0.547. The van der Waals surface area contributed by atoms with Gasteiger partial charge in [-0.3, -0.25) is 5.32 Å². The Morgan fingerprint density at radius 2 is 2.22 bits per heavy atom. The summed E-state index contributed by atoms with van der Waals surface area (Å²) in [6, 6.07) is 7.52. The Balaban J connectivity index is 1.86. The molecule has 96 valence electrons. The van der Waals surface area contributed by atoms with Crippen molar-refractivity contribution in [1.82, 2.24) is 9.97 Å². The number of ether oxygens (including phenoxy) is 2. The standard InChI is InChI=1S/C12H15N3O3/c1-2-17-7-8-18-12(16)15-11-13-9-5-3-4-6-10(9)14-11/h3-6H,2,7-8H2,1H3,(H2,13,14,15,16). The Bertz CT molecular complexity index is 491. The first-order valence-electron chi connectivity index (χ1n) is 5.76. The summed E-state index contributed by atoms with van der Waals surface area (Å²) in [7, 11) is 0. The second-order valence-corrected chi connectivity index (χ2v) is 3.56. The minimum atomic E-state index is -0.547. The second kappa shape index (κ2) is 6.02. The first-order chi connectivity index (χ1) is 8.79. The monoisotopic (exact) mass is 249 g/mol. The molecule has 1 heterocycles. The quantitative estimate of drug-likeness (QED) is 0.796. The van der Waals surface area contributed by atoms with Gasteiger partial charge in [-0.25, -0.2) is 9.78 Å². The van der Waals surface area contributed by atoms with E-state index in [1.54, 1.807) is 0 Å². The number of imidazole rings is 1. The highest BCUT2D eigenvalue weighted by atomic mass is 16.6. The molecule has 1 amide bonds. The number of rotatable bonds is 5. The molecule has 0 bridgehead atoms. The van der Waals surface area contributed by atoms with Gasteiger partial charge in [0.15, 0.2) is 0 Å². The third kappa shape index (κ3) is 3.21. The highest BCUT2D eigenvalue weighted by molar-refractivity contribution is 5.86. The predicted molar refractivity (Wildman–Crippen MR) is 67.6 cm³/mol. The fourth-order valence-electron chi connectivity index (χ4n) is 1.48. The second-order valence-electron chi connectivity index (χ2n) is 3.56. The Morgan fingerprint density at radius 3 is 3.00 bits per heavy atom. The van der Waals surface area contributed by atoms with Gasteiger partial charge in [-0.15, -0.1) is 0 Å². The van der Waals surface area contributed by atoms with Gasteiger partial charge in [0.25, 0.3) is 0 Å². The van der Waals surface area contributed by atoms with E-state index in [0.29, 0.717) is 19.2 Å². The van der Waals surface area contributed by atoms with Crippen LogP contribution in [0.2, 0.25) is 0 Å². The molecule has 0 saturated carbocycles. The molecule has 0 fully saturated rings. The van der Waals surface area contributed by atoms with Crippen molar-refractivity contribution in [3.63, 3.8) is 0 Å². The van der Waals surface area contributed by atoms with Crippen molar-refractivity contribution in [2.24, 2.45) is 0 Å². The van der Waals surface area contributed by atoms with Crippen LogP contribution in [0.5, 0.6) is 0 Å². The smallest absolute Gasteiger partial charge is 0.414 e. The third-order valence-corrected chi connectivity index (χ3v) is 2.27. The fraction of sp³-hybridized carbons (Fsp3) is 0.333. The van der Waals surface area contributed by atoms with Gasteiger partial charge >= 0.3 is 6.09 Å². The summed E-state index contributed by atoms with van der Waals surface area (Å²) in [5, 5.41) is 2.52. The molecule has 2 rings (SSSR count). The van der Waals surface area contributed by atoms with E-state index in [-0.39, 0.29) is 6.61 Å². The molecule has 6 heteroatoms. The molecule has 1 aromatic carbocycles. The maximum atomic E-state index is 11.4. The molecule has 2 N–H and O–H groups in total. The van der Waals surface area contributed by atoms with Crippen LogP contribution in [0.3, 0.4) is 0 Å². The third-order valence-electron chi connectivity index (χ3n) is 2.27. The lowest BCUT2D eigenvalue weighted by Crippen LogP contribution is -2.17. The van der Waals surface area contributed by atoms with E-state index in [0.717, 1.165) is 11.0 Å². The van der Waals surface area contributed by atoms with Crippen molar-refractivity contribution in [1.29, 1.82) is 0 Å². The average Bonchev–Trinajstić information content (AvgIpc) is 2.76. The number of carbonyl (C=O) groups excluding carboxylic acids is 1. The Kier molecular flexibility index (Phi) is 4.14. The van der Waals surface area contributed by atoms with Gasteiger partial charge < -0.3 is 14.5 Å². The number of H-pyrrole nitrogens is 1. The van der Waals surface area contributed by atoms with Gasteiger partial charge in [-0.2, -0.15) is 0 Å². The molecule has 1 aromatic heterocycles. The molecule has 2 aromatic rings. The van der Waals surface area contributed by atoms with E-state index in [1.807, 2.05) is 31.2 Å². The SMILES string of the molecule is CCOCCOC(=O)Nc1nc2ccccc2[nH]1.